The molecule has 0 spiro atoms. The smallest absolute Gasteiger partial charge is 0.349 e. The van der Waals surface area contributed by atoms with Gasteiger partial charge in [0.05, 0.1) is 22.3 Å². The van der Waals surface area contributed by atoms with Gasteiger partial charge in [0, 0.05) is 24.4 Å². The molecule has 0 radical (unpaired) electrons. The summed E-state index contributed by atoms with van der Waals surface area (Å²) in [4.78, 5) is 12.9. The third kappa shape index (κ3) is 8.42. The SMILES string of the molecule is CC(C)(C)NCc1ccc2c(c1)CCC[C@H]2NC(=O)C[C@H](CS(=O)(=O)c1cccc(C(F)(F)F)c1)c1ccccc1. The van der Waals surface area contributed by atoms with Crippen molar-refractivity contribution in [2.75, 3.05) is 5.75 Å². The van der Waals surface area contributed by atoms with Crippen molar-refractivity contribution in [1.29, 1.82) is 0 Å². The Kier molecular flexibility index (Phi) is 9.29. The minimum Gasteiger partial charge on any atom is -0.349 e. The summed E-state index contributed by atoms with van der Waals surface area (Å²) in [7, 11) is -4.12. The molecule has 4 rings (SSSR count). The Hall–Kier alpha value is -3.17. The van der Waals surface area contributed by atoms with Crippen molar-refractivity contribution < 1.29 is 26.4 Å². The third-order valence-corrected chi connectivity index (χ3v) is 9.14. The topological polar surface area (TPSA) is 75.3 Å². The number of hydrogen-bond acceptors (Lipinski definition) is 4. The van der Waals surface area contributed by atoms with Gasteiger partial charge in [-0.1, -0.05) is 54.6 Å². The predicted octanol–water partition coefficient (Wildman–Crippen LogP) is 6.73. The molecule has 0 fully saturated rings. The fourth-order valence-electron chi connectivity index (χ4n) is 5.20. The van der Waals surface area contributed by atoms with Crippen molar-refractivity contribution >= 4 is 15.7 Å². The van der Waals surface area contributed by atoms with Gasteiger partial charge in [-0.15, -0.1) is 0 Å². The lowest BCUT2D eigenvalue weighted by Gasteiger charge is -2.28. The van der Waals surface area contributed by atoms with E-state index < -0.39 is 38.1 Å². The van der Waals surface area contributed by atoms with Crippen molar-refractivity contribution in [3.05, 3.63) is 101 Å². The average Bonchev–Trinajstić information content (AvgIpc) is 2.91. The van der Waals surface area contributed by atoms with Gasteiger partial charge in [-0.2, -0.15) is 13.2 Å². The maximum absolute atomic E-state index is 13.3. The second-order valence-electron chi connectivity index (χ2n) is 11.8. The quantitative estimate of drug-likeness (QED) is 0.291. The zero-order chi connectivity index (χ0) is 29.8. The Labute approximate surface area is 240 Å². The van der Waals surface area contributed by atoms with Crippen LogP contribution in [0.4, 0.5) is 13.2 Å². The first-order chi connectivity index (χ1) is 19.2. The summed E-state index contributed by atoms with van der Waals surface area (Å²) in [5.74, 6) is -1.52. The van der Waals surface area contributed by atoms with Gasteiger partial charge in [-0.25, -0.2) is 8.42 Å². The summed E-state index contributed by atoms with van der Waals surface area (Å²) in [6.07, 6.45) is -2.16. The van der Waals surface area contributed by atoms with Crippen LogP contribution >= 0.6 is 0 Å². The van der Waals surface area contributed by atoms with E-state index in [-0.39, 0.29) is 23.9 Å². The number of benzene rings is 3. The van der Waals surface area contributed by atoms with E-state index in [1.807, 2.05) is 0 Å². The molecule has 1 aliphatic carbocycles. The van der Waals surface area contributed by atoms with Crippen molar-refractivity contribution in [1.82, 2.24) is 10.6 Å². The van der Waals surface area contributed by atoms with Crippen LogP contribution in [-0.2, 0) is 33.8 Å². The Balaban J connectivity index is 1.51. The Bertz CT molecular complexity index is 1470. The first kappa shape index (κ1) is 30.8. The number of carbonyl (C=O) groups excluding carboxylic acids is 1. The number of rotatable bonds is 9. The molecule has 0 heterocycles. The number of fused-ring (bicyclic) bond motifs is 1. The van der Waals surface area contributed by atoms with E-state index >= 15 is 0 Å². The third-order valence-electron chi connectivity index (χ3n) is 7.32. The number of nitrogens with one attached hydrogen (secondary N) is 2. The maximum atomic E-state index is 13.3. The number of halogens is 3. The molecule has 220 valence electrons. The monoisotopic (exact) mass is 586 g/mol. The van der Waals surface area contributed by atoms with E-state index in [2.05, 4.69) is 49.6 Å². The van der Waals surface area contributed by atoms with Gasteiger partial charge in [-0.05, 0) is 80.5 Å². The number of amides is 1. The molecule has 1 amide bonds. The lowest BCUT2D eigenvalue weighted by molar-refractivity contribution is -0.137. The van der Waals surface area contributed by atoms with E-state index in [9.17, 15) is 26.4 Å². The van der Waals surface area contributed by atoms with Gasteiger partial charge in [0.15, 0.2) is 9.84 Å². The summed E-state index contributed by atoms with van der Waals surface area (Å²) >= 11 is 0. The highest BCUT2D eigenvalue weighted by atomic mass is 32.2. The molecule has 41 heavy (non-hydrogen) atoms. The molecule has 0 saturated carbocycles. The Morgan fingerprint density at radius 3 is 2.39 bits per heavy atom. The predicted molar refractivity (Wildman–Crippen MR) is 154 cm³/mol. The molecular formula is C32H37F3N2O3S. The minimum atomic E-state index is -4.66. The lowest BCUT2D eigenvalue weighted by Crippen LogP contribution is -2.35. The van der Waals surface area contributed by atoms with Gasteiger partial charge in [0.2, 0.25) is 5.91 Å². The normalized spacial score (nSPS) is 16.6. The molecule has 2 atom stereocenters. The highest BCUT2D eigenvalue weighted by molar-refractivity contribution is 7.91. The van der Waals surface area contributed by atoms with Gasteiger partial charge < -0.3 is 10.6 Å². The number of hydrogen-bond donors (Lipinski definition) is 2. The number of alkyl halides is 3. The largest absolute Gasteiger partial charge is 0.416 e. The molecule has 9 heteroatoms. The van der Waals surface area contributed by atoms with Crippen LogP contribution in [0.5, 0.6) is 0 Å². The standard InChI is InChI=1S/C32H37F3N2O3S/c1-31(2,3)36-20-22-15-16-28-24(17-22)11-7-14-29(28)37-30(38)18-25(23-9-5-4-6-10-23)21-41(39,40)27-13-8-12-26(19-27)32(33,34)35/h4-6,8-10,12-13,15-17,19,25,29,36H,7,11,14,18,20-21H2,1-3H3,(H,37,38)/t25-,29-/m1/s1. The highest BCUT2D eigenvalue weighted by Gasteiger charge is 2.33. The summed E-state index contributed by atoms with van der Waals surface area (Å²) in [6, 6.07) is 18.6. The maximum Gasteiger partial charge on any atom is 0.416 e. The van der Waals surface area contributed by atoms with E-state index in [1.165, 1.54) is 11.1 Å². The van der Waals surface area contributed by atoms with Crippen LogP contribution < -0.4 is 10.6 Å². The number of sulfone groups is 1. The first-order valence-electron chi connectivity index (χ1n) is 13.8. The lowest BCUT2D eigenvalue weighted by atomic mass is 9.86. The number of carbonyl (C=O) groups is 1. The van der Waals surface area contributed by atoms with Crippen LogP contribution in [-0.4, -0.2) is 25.6 Å². The Morgan fingerprint density at radius 1 is 0.976 bits per heavy atom. The van der Waals surface area contributed by atoms with Gasteiger partial charge in [-0.3, -0.25) is 4.79 Å². The molecule has 3 aromatic carbocycles. The molecule has 1 aliphatic rings. The van der Waals surface area contributed by atoms with Crippen LogP contribution in [0.25, 0.3) is 0 Å². The average molecular weight is 587 g/mol. The molecule has 0 bridgehead atoms. The fraction of sp³-hybridized carbons (Fsp3) is 0.406. The van der Waals surface area contributed by atoms with Crippen LogP contribution in [0.2, 0.25) is 0 Å². The zero-order valence-electron chi connectivity index (χ0n) is 23.6. The highest BCUT2D eigenvalue weighted by Crippen LogP contribution is 2.33. The zero-order valence-corrected chi connectivity index (χ0v) is 24.4. The molecule has 0 saturated heterocycles. The fourth-order valence-corrected chi connectivity index (χ4v) is 6.82. The molecule has 0 aliphatic heterocycles. The van der Waals surface area contributed by atoms with Crippen molar-refractivity contribution in [2.24, 2.45) is 0 Å². The van der Waals surface area contributed by atoms with E-state index in [1.54, 1.807) is 30.3 Å². The van der Waals surface area contributed by atoms with Crippen LogP contribution in [0.15, 0.2) is 77.7 Å². The van der Waals surface area contributed by atoms with Crippen molar-refractivity contribution in [2.45, 2.75) is 81.6 Å². The minimum absolute atomic E-state index is 0.00365. The van der Waals surface area contributed by atoms with Crippen LogP contribution in [0.1, 0.15) is 79.8 Å². The first-order valence-corrected chi connectivity index (χ1v) is 15.5. The summed E-state index contributed by atoms with van der Waals surface area (Å²) < 4.78 is 66.3. The molecular weight excluding hydrogens is 549 g/mol. The van der Waals surface area contributed by atoms with E-state index in [0.29, 0.717) is 11.6 Å². The molecule has 5 nitrogen and oxygen atoms in total. The van der Waals surface area contributed by atoms with E-state index in [4.69, 9.17) is 0 Å². The summed E-state index contributed by atoms with van der Waals surface area (Å²) in [5, 5.41) is 6.60. The van der Waals surface area contributed by atoms with Gasteiger partial charge in [0.1, 0.15) is 0 Å². The summed E-state index contributed by atoms with van der Waals surface area (Å²) in [5.41, 5.74) is 3.04. The molecule has 3 aromatic rings. The number of aryl methyl sites for hydroxylation is 1. The second-order valence-corrected chi connectivity index (χ2v) is 13.8. The van der Waals surface area contributed by atoms with Gasteiger partial charge >= 0.3 is 6.18 Å². The molecule has 0 aromatic heterocycles. The van der Waals surface area contributed by atoms with Gasteiger partial charge in [0.25, 0.3) is 0 Å². The summed E-state index contributed by atoms with van der Waals surface area (Å²) in [6.45, 7) is 7.09. The van der Waals surface area contributed by atoms with Crippen molar-refractivity contribution in [3.63, 3.8) is 0 Å². The van der Waals surface area contributed by atoms with E-state index in [0.717, 1.165) is 49.6 Å². The van der Waals surface area contributed by atoms with Crippen LogP contribution in [0.3, 0.4) is 0 Å². The molecule has 2 N–H and O–H groups in total. The molecule has 0 unspecified atom stereocenters. The van der Waals surface area contributed by atoms with Crippen molar-refractivity contribution in [3.8, 4) is 0 Å². The Morgan fingerprint density at radius 2 is 1.71 bits per heavy atom. The second kappa shape index (κ2) is 12.4. The van der Waals surface area contributed by atoms with Crippen LogP contribution in [0, 0.1) is 0 Å².